The van der Waals surface area contributed by atoms with Crippen molar-refractivity contribution in [3.05, 3.63) is 17.7 Å². The minimum atomic E-state index is -4.62. The van der Waals surface area contributed by atoms with Gasteiger partial charge in [0.25, 0.3) is 20.2 Å². The summed E-state index contributed by atoms with van der Waals surface area (Å²) in [6.45, 7) is -0.463. The van der Waals surface area contributed by atoms with Crippen molar-refractivity contribution in [1.29, 1.82) is 0 Å². The summed E-state index contributed by atoms with van der Waals surface area (Å²) in [5.74, 6) is 0. The molecule has 0 saturated heterocycles. The maximum atomic E-state index is 11.1. The molecule has 0 saturated carbocycles. The van der Waals surface area contributed by atoms with Crippen LogP contribution >= 0.6 is 9.24 Å². The van der Waals surface area contributed by atoms with Crippen molar-refractivity contribution in [2.24, 2.45) is 5.73 Å². The van der Waals surface area contributed by atoms with Crippen LogP contribution in [0.3, 0.4) is 0 Å². The molecule has 1 unspecified atom stereocenters. The van der Waals surface area contributed by atoms with E-state index in [2.05, 4.69) is 9.24 Å². The molecule has 0 aliphatic rings. The van der Waals surface area contributed by atoms with Crippen LogP contribution in [0.5, 0.6) is 0 Å². The molecule has 0 heterocycles. The summed E-state index contributed by atoms with van der Waals surface area (Å²) in [4.78, 5) is -1.28. The molecule has 1 atom stereocenters. The molecule has 0 radical (unpaired) electrons. The molecular weight excluding hydrogens is 289 g/mol. The molecule has 17 heavy (non-hydrogen) atoms. The van der Waals surface area contributed by atoms with Gasteiger partial charge in [0.15, 0.2) is 0 Å². The van der Waals surface area contributed by atoms with Gasteiger partial charge in [0.05, 0.1) is 0 Å². The van der Waals surface area contributed by atoms with Crippen molar-refractivity contribution in [3.63, 3.8) is 0 Å². The molecule has 0 fully saturated rings. The van der Waals surface area contributed by atoms with Gasteiger partial charge in [-0.05, 0) is 17.4 Å². The van der Waals surface area contributed by atoms with Gasteiger partial charge in [-0.2, -0.15) is 16.8 Å². The summed E-state index contributed by atoms with van der Waals surface area (Å²) >= 11 is 0. The second kappa shape index (κ2) is 4.60. The topological polar surface area (TPSA) is 135 Å². The number of hydrogen-bond donors (Lipinski definition) is 3. The van der Waals surface area contributed by atoms with Gasteiger partial charge in [-0.15, -0.1) is 9.24 Å². The Morgan fingerprint density at radius 3 is 1.65 bits per heavy atom. The van der Waals surface area contributed by atoms with Gasteiger partial charge in [0, 0.05) is 12.1 Å². The van der Waals surface area contributed by atoms with Crippen molar-refractivity contribution in [2.75, 3.05) is 0 Å². The summed E-state index contributed by atoms with van der Waals surface area (Å²) in [6.07, 6.45) is 0. The summed E-state index contributed by atoms with van der Waals surface area (Å²) in [5.41, 5.74) is 4.88. The van der Waals surface area contributed by atoms with E-state index in [9.17, 15) is 16.8 Å². The van der Waals surface area contributed by atoms with E-state index < -0.39 is 36.6 Å². The Hall–Kier alpha value is -0.570. The van der Waals surface area contributed by atoms with Crippen LogP contribution in [0.25, 0.3) is 0 Å². The third-order valence-corrected chi connectivity index (χ3v) is 4.12. The molecular formula is C7H10NO6PS2. The quantitative estimate of drug-likeness (QED) is 0.488. The Kier molecular flexibility index (Phi) is 3.92. The predicted molar refractivity (Wildman–Crippen MR) is 63.3 cm³/mol. The van der Waals surface area contributed by atoms with Gasteiger partial charge in [-0.1, -0.05) is 0 Å². The first kappa shape index (κ1) is 14.5. The van der Waals surface area contributed by atoms with Crippen LogP contribution in [0.1, 0.15) is 5.56 Å². The van der Waals surface area contributed by atoms with Crippen LogP contribution in [-0.4, -0.2) is 25.9 Å². The number of benzene rings is 1. The Balaban J connectivity index is 3.83. The smallest absolute Gasteiger partial charge is 0.294 e. The molecule has 1 rings (SSSR count). The fourth-order valence-electron chi connectivity index (χ4n) is 1.30. The molecule has 10 heteroatoms. The lowest BCUT2D eigenvalue weighted by Gasteiger charge is -2.10. The zero-order chi connectivity index (χ0) is 13.4. The number of rotatable bonds is 3. The maximum Gasteiger partial charge on any atom is 0.294 e. The van der Waals surface area contributed by atoms with Crippen molar-refractivity contribution in [1.82, 2.24) is 0 Å². The third-order valence-electron chi connectivity index (χ3n) is 1.95. The average Bonchev–Trinajstić information content (AvgIpc) is 2.13. The molecule has 4 N–H and O–H groups in total. The van der Waals surface area contributed by atoms with E-state index in [0.717, 1.165) is 12.1 Å². The van der Waals surface area contributed by atoms with Gasteiger partial charge in [0.1, 0.15) is 9.79 Å². The van der Waals surface area contributed by atoms with Crippen molar-refractivity contribution in [2.45, 2.75) is 16.3 Å². The minimum absolute atomic E-state index is 0.169. The highest BCUT2D eigenvalue weighted by molar-refractivity contribution is 7.86. The van der Waals surface area contributed by atoms with Crippen LogP contribution in [-0.2, 0) is 26.8 Å². The summed E-state index contributed by atoms with van der Waals surface area (Å²) in [6, 6.07) is 2.08. The summed E-state index contributed by atoms with van der Waals surface area (Å²) in [5, 5.41) is 0.169. The highest BCUT2D eigenvalue weighted by Gasteiger charge is 2.24. The predicted octanol–water partition coefficient (Wildman–Crippen LogP) is -0.861. The standard InChI is InChI=1S/C7H10NO6PS2/c8-3-5-6(16(9,10)11)1-4(15)2-7(5)17(12,13)14/h1-2H,3,8,15H2,(H,9,10,11)(H,12,13,14). The monoisotopic (exact) mass is 299 g/mol. The lowest BCUT2D eigenvalue weighted by Crippen LogP contribution is -2.16. The van der Waals surface area contributed by atoms with Gasteiger partial charge in [-0.3, -0.25) is 9.11 Å². The molecule has 7 nitrogen and oxygen atoms in total. The van der Waals surface area contributed by atoms with Crippen molar-refractivity contribution < 1.29 is 25.9 Å². The van der Waals surface area contributed by atoms with E-state index in [0.29, 0.717) is 0 Å². The van der Waals surface area contributed by atoms with Gasteiger partial charge >= 0.3 is 0 Å². The molecule has 96 valence electrons. The zero-order valence-corrected chi connectivity index (χ0v) is 11.1. The first-order valence-corrected chi connectivity index (χ1v) is 7.60. The highest BCUT2D eigenvalue weighted by atomic mass is 32.2. The first-order valence-electron chi connectivity index (χ1n) is 4.15. The van der Waals surface area contributed by atoms with Gasteiger partial charge in [-0.25, -0.2) is 0 Å². The van der Waals surface area contributed by atoms with E-state index in [4.69, 9.17) is 14.8 Å². The lowest BCUT2D eigenvalue weighted by atomic mass is 10.2. The summed E-state index contributed by atoms with van der Waals surface area (Å²) in [7, 11) is -7.18. The molecule has 0 spiro atoms. The molecule has 0 bridgehead atoms. The van der Waals surface area contributed by atoms with Crippen LogP contribution < -0.4 is 11.0 Å². The fraction of sp³-hybridized carbons (Fsp3) is 0.143. The van der Waals surface area contributed by atoms with Crippen LogP contribution in [0, 0.1) is 0 Å². The van der Waals surface area contributed by atoms with Crippen LogP contribution in [0.4, 0.5) is 0 Å². The molecule has 0 aliphatic carbocycles. The average molecular weight is 299 g/mol. The Morgan fingerprint density at radius 1 is 1.06 bits per heavy atom. The molecule has 0 aliphatic heterocycles. The maximum absolute atomic E-state index is 11.1. The van der Waals surface area contributed by atoms with Crippen molar-refractivity contribution >= 4 is 34.8 Å². The van der Waals surface area contributed by atoms with Crippen LogP contribution in [0.2, 0.25) is 0 Å². The van der Waals surface area contributed by atoms with Gasteiger partial charge in [0.2, 0.25) is 0 Å². The Morgan fingerprint density at radius 2 is 1.41 bits per heavy atom. The van der Waals surface area contributed by atoms with E-state index in [1.807, 2.05) is 0 Å². The second-order valence-corrected chi connectivity index (χ2v) is 6.60. The fourth-order valence-corrected chi connectivity index (χ4v) is 3.52. The van der Waals surface area contributed by atoms with E-state index in [-0.39, 0.29) is 10.9 Å². The highest BCUT2D eigenvalue weighted by Crippen LogP contribution is 2.23. The molecule has 0 amide bonds. The van der Waals surface area contributed by atoms with Crippen molar-refractivity contribution in [3.8, 4) is 0 Å². The zero-order valence-electron chi connectivity index (χ0n) is 8.36. The molecule has 0 aromatic heterocycles. The summed E-state index contributed by atoms with van der Waals surface area (Å²) < 4.78 is 62.1. The Bertz CT molecular complexity index is 598. The van der Waals surface area contributed by atoms with E-state index >= 15 is 0 Å². The third kappa shape index (κ3) is 3.21. The minimum Gasteiger partial charge on any atom is -0.326 e. The number of nitrogens with two attached hydrogens (primary N) is 1. The number of hydrogen-bond acceptors (Lipinski definition) is 5. The van der Waals surface area contributed by atoms with E-state index in [1.165, 1.54) is 0 Å². The lowest BCUT2D eigenvalue weighted by molar-refractivity contribution is 0.479. The van der Waals surface area contributed by atoms with E-state index in [1.54, 1.807) is 0 Å². The Labute approximate surface area is 101 Å². The largest absolute Gasteiger partial charge is 0.326 e. The van der Waals surface area contributed by atoms with Crippen LogP contribution in [0.15, 0.2) is 21.9 Å². The normalized spacial score (nSPS) is 12.7. The van der Waals surface area contributed by atoms with Gasteiger partial charge < -0.3 is 5.73 Å². The second-order valence-electron chi connectivity index (χ2n) is 3.15. The molecule has 1 aromatic rings. The SMILES string of the molecule is NCc1c(S(=O)(=O)O)cc(P)cc1S(=O)(=O)O. The molecule has 1 aromatic carbocycles. The first-order chi connectivity index (χ1) is 7.57.